The molecule has 0 spiro atoms. The molecule has 0 radical (unpaired) electrons. The molecular formula is C9H14F3N5O. The Morgan fingerprint density at radius 1 is 1.28 bits per heavy atom. The molecule has 0 fully saturated rings. The van der Waals surface area contributed by atoms with Crippen LogP contribution in [0.4, 0.5) is 25.1 Å². The summed E-state index contributed by atoms with van der Waals surface area (Å²) in [6, 6.07) is -0.0756. The van der Waals surface area contributed by atoms with Gasteiger partial charge in [-0.2, -0.15) is 28.1 Å². The van der Waals surface area contributed by atoms with Crippen LogP contribution in [0.25, 0.3) is 0 Å². The second kappa shape index (κ2) is 5.69. The van der Waals surface area contributed by atoms with Crippen molar-refractivity contribution in [1.29, 1.82) is 0 Å². The number of nitrogens with two attached hydrogens (primary N) is 1. The molecule has 0 saturated carbocycles. The number of nitrogens with zero attached hydrogens (tertiary/aromatic N) is 4. The van der Waals surface area contributed by atoms with E-state index < -0.39 is 12.7 Å². The van der Waals surface area contributed by atoms with Crippen molar-refractivity contribution < 1.29 is 17.9 Å². The molecule has 18 heavy (non-hydrogen) atoms. The van der Waals surface area contributed by atoms with Crippen LogP contribution in [0.5, 0.6) is 6.01 Å². The summed E-state index contributed by atoms with van der Waals surface area (Å²) in [6.45, 7) is 1.05. The molecule has 2 N–H and O–H groups in total. The van der Waals surface area contributed by atoms with Crippen molar-refractivity contribution in [1.82, 2.24) is 15.0 Å². The van der Waals surface area contributed by atoms with Gasteiger partial charge in [-0.3, -0.25) is 0 Å². The van der Waals surface area contributed by atoms with E-state index in [2.05, 4.69) is 15.0 Å². The van der Waals surface area contributed by atoms with Gasteiger partial charge in [-0.1, -0.05) is 6.92 Å². The molecule has 1 rings (SSSR count). The van der Waals surface area contributed by atoms with E-state index in [9.17, 15) is 13.2 Å². The van der Waals surface area contributed by atoms with Gasteiger partial charge in [-0.05, 0) is 6.42 Å². The Hall–Kier alpha value is -1.80. The van der Waals surface area contributed by atoms with Crippen molar-refractivity contribution in [2.45, 2.75) is 19.5 Å². The minimum absolute atomic E-state index is 0.0756. The van der Waals surface area contributed by atoms with Gasteiger partial charge in [0.25, 0.3) is 0 Å². The molecule has 102 valence electrons. The fourth-order valence-electron chi connectivity index (χ4n) is 1.13. The van der Waals surface area contributed by atoms with Crippen LogP contribution in [-0.2, 0) is 0 Å². The van der Waals surface area contributed by atoms with E-state index in [1.165, 1.54) is 7.05 Å². The monoisotopic (exact) mass is 265 g/mol. The molecule has 1 heterocycles. The van der Waals surface area contributed by atoms with Gasteiger partial charge in [0.15, 0.2) is 0 Å². The van der Waals surface area contributed by atoms with Crippen molar-refractivity contribution in [2.75, 3.05) is 30.8 Å². The molecule has 1 aromatic rings. The lowest BCUT2D eigenvalue weighted by Gasteiger charge is -2.19. The minimum atomic E-state index is -4.35. The standard InChI is InChI=1S/C9H14F3N5O/c1-3-4-18-8-15-6(13)14-7(16-8)17(2)5-9(10,11)12/h3-5H2,1-2H3,(H2,13,14,15,16). The van der Waals surface area contributed by atoms with Crippen molar-refractivity contribution in [2.24, 2.45) is 0 Å². The van der Waals surface area contributed by atoms with Crippen LogP contribution >= 0.6 is 0 Å². The highest BCUT2D eigenvalue weighted by molar-refractivity contribution is 5.35. The van der Waals surface area contributed by atoms with Gasteiger partial charge in [0.1, 0.15) is 6.54 Å². The first-order valence-corrected chi connectivity index (χ1v) is 5.24. The van der Waals surface area contributed by atoms with Gasteiger partial charge in [-0.15, -0.1) is 0 Å². The van der Waals surface area contributed by atoms with Gasteiger partial charge in [0.05, 0.1) is 6.61 Å². The predicted octanol–water partition coefficient (Wildman–Crippen LogP) is 1.24. The normalized spacial score (nSPS) is 11.4. The number of halogens is 3. The molecule has 0 aromatic carbocycles. The summed E-state index contributed by atoms with van der Waals surface area (Å²) < 4.78 is 41.8. The molecule has 6 nitrogen and oxygen atoms in total. The van der Waals surface area contributed by atoms with Crippen LogP contribution in [0.2, 0.25) is 0 Å². The Labute approximate surface area is 102 Å². The molecule has 1 aromatic heterocycles. The van der Waals surface area contributed by atoms with Crippen LogP contribution in [0.1, 0.15) is 13.3 Å². The third-order valence-corrected chi connectivity index (χ3v) is 1.81. The van der Waals surface area contributed by atoms with Gasteiger partial charge < -0.3 is 15.4 Å². The number of rotatable bonds is 5. The first kappa shape index (κ1) is 14.3. The molecule has 0 aliphatic carbocycles. The first-order chi connectivity index (χ1) is 8.31. The van der Waals surface area contributed by atoms with E-state index >= 15 is 0 Å². The number of ether oxygens (including phenoxy) is 1. The lowest BCUT2D eigenvalue weighted by molar-refractivity contribution is -0.119. The maximum absolute atomic E-state index is 12.2. The lowest BCUT2D eigenvalue weighted by atomic mass is 10.5. The first-order valence-electron chi connectivity index (χ1n) is 5.24. The number of hydrogen-bond acceptors (Lipinski definition) is 6. The Bertz CT molecular complexity index is 398. The Morgan fingerprint density at radius 3 is 2.50 bits per heavy atom. The average molecular weight is 265 g/mol. The minimum Gasteiger partial charge on any atom is -0.463 e. The highest BCUT2D eigenvalue weighted by Crippen LogP contribution is 2.19. The van der Waals surface area contributed by atoms with Crippen molar-refractivity contribution in [3.63, 3.8) is 0 Å². The second-order valence-electron chi connectivity index (χ2n) is 3.60. The highest BCUT2D eigenvalue weighted by Gasteiger charge is 2.30. The summed E-state index contributed by atoms with van der Waals surface area (Å²) in [6.07, 6.45) is -3.63. The summed E-state index contributed by atoms with van der Waals surface area (Å²) in [5, 5.41) is 0. The average Bonchev–Trinajstić information content (AvgIpc) is 2.23. The van der Waals surface area contributed by atoms with E-state index in [1.54, 1.807) is 0 Å². The zero-order valence-electron chi connectivity index (χ0n) is 10.0. The van der Waals surface area contributed by atoms with E-state index in [0.29, 0.717) is 6.61 Å². The molecular weight excluding hydrogens is 251 g/mol. The summed E-state index contributed by atoms with van der Waals surface area (Å²) >= 11 is 0. The predicted molar refractivity (Wildman–Crippen MR) is 59.4 cm³/mol. The van der Waals surface area contributed by atoms with Crippen LogP contribution in [-0.4, -0.2) is 41.3 Å². The molecule has 0 atom stereocenters. The van der Waals surface area contributed by atoms with E-state index in [4.69, 9.17) is 10.5 Å². The fraction of sp³-hybridized carbons (Fsp3) is 0.667. The summed E-state index contributed by atoms with van der Waals surface area (Å²) in [5.41, 5.74) is 5.38. The number of hydrogen-bond donors (Lipinski definition) is 1. The maximum atomic E-state index is 12.2. The lowest BCUT2D eigenvalue weighted by Crippen LogP contribution is -2.32. The molecule has 0 aliphatic rings. The Morgan fingerprint density at radius 2 is 1.94 bits per heavy atom. The summed E-state index contributed by atoms with van der Waals surface area (Å²) in [4.78, 5) is 11.9. The highest BCUT2D eigenvalue weighted by atomic mass is 19.4. The molecule has 9 heteroatoms. The van der Waals surface area contributed by atoms with Gasteiger partial charge in [-0.25, -0.2) is 0 Å². The SMILES string of the molecule is CCCOc1nc(N)nc(N(C)CC(F)(F)F)n1. The Kier molecular flexibility index (Phi) is 4.51. The number of aromatic nitrogens is 3. The molecule has 0 bridgehead atoms. The van der Waals surface area contributed by atoms with E-state index in [1.807, 2.05) is 6.92 Å². The van der Waals surface area contributed by atoms with Gasteiger partial charge >= 0.3 is 12.2 Å². The quantitative estimate of drug-likeness (QED) is 0.863. The number of alkyl halides is 3. The molecule has 0 unspecified atom stereocenters. The van der Waals surface area contributed by atoms with Crippen LogP contribution in [0.3, 0.4) is 0 Å². The van der Waals surface area contributed by atoms with Crippen molar-refractivity contribution in [3.8, 4) is 6.01 Å². The van der Waals surface area contributed by atoms with Crippen LogP contribution in [0.15, 0.2) is 0 Å². The third kappa shape index (κ3) is 4.60. The third-order valence-electron chi connectivity index (χ3n) is 1.81. The fourth-order valence-corrected chi connectivity index (χ4v) is 1.13. The van der Waals surface area contributed by atoms with Crippen molar-refractivity contribution >= 4 is 11.9 Å². The van der Waals surface area contributed by atoms with Crippen LogP contribution in [0, 0.1) is 0 Å². The van der Waals surface area contributed by atoms with Gasteiger partial charge in [0.2, 0.25) is 11.9 Å². The molecule has 0 saturated heterocycles. The number of anilines is 2. The molecule has 0 amide bonds. The summed E-state index contributed by atoms with van der Waals surface area (Å²) in [7, 11) is 1.21. The van der Waals surface area contributed by atoms with Crippen molar-refractivity contribution in [3.05, 3.63) is 0 Å². The maximum Gasteiger partial charge on any atom is 0.406 e. The largest absolute Gasteiger partial charge is 0.463 e. The molecule has 0 aliphatic heterocycles. The topological polar surface area (TPSA) is 77.2 Å². The second-order valence-corrected chi connectivity index (χ2v) is 3.60. The Balaban J connectivity index is 2.84. The van der Waals surface area contributed by atoms with Gasteiger partial charge in [0, 0.05) is 7.05 Å². The van der Waals surface area contributed by atoms with Crippen LogP contribution < -0.4 is 15.4 Å². The number of nitrogen functional groups attached to an aromatic ring is 1. The zero-order chi connectivity index (χ0) is 13.8. The van der Waals surface area contributed by atoms with E-state index in [0.717, 1.165) is 11.3 Å². The zero-order valence-corrected chi connectivity index (χ0v) is 10.0. The smallest absolute Gasteiger partial charge is 0.406 e. The summed E-state index contributed by atoms with van der Waals surface area (Å²) in [5.74, 6) is -0.356. The van der Waals surface area contributed by atoms with E-state index in [-0.39, 0.29) is 17.9 Å².